The Morgan fingerprint density at radius 2 is 1.88 bits per heavy atom. The summed E-state index contributed by atoms with van der Waals surface area (Å²) in [7, 11) is 0. The van der Waals surface area contributed by atoms with Crippen LogP contribution >= 0.6 is 23.2 Å². The lowest BCUT2D eigenvalue weighted by molar-refractivity contribution is -0.156. The number of hydrogen-bond acceptors (Lipinski definition) is 3. The molecule has 5 nitrogen and oxygen atoms in total. The Morgan fingerprint density at radius 1 is 1.18 bits per heavy atom. The summed E-state index contributed by atoms with van der Waals surface area (Å²) in [5.74, 6) is -1.12. The molecule has 1 saturated heterocycles. The minimum Gasteiger partial charge on any atom is -0.481 e. The largest absolute Gasteiger partial charge is 0.481 e. The number of amides is 1. The first-order valence-corrected chi connectivity index (χ1v) is 12.1. The molecule has 178 valence electrons. The molecule has 1 heterocycles. The van der Waals surface area contributed by atoms with Crippen molar-refractivity contribution in [2.45, 2.75) is 64.0 Å². The van der Waals surface area contributed by atoms with Gasteiger partial charge in [-0.2, -0.15) is 0 Å². The highest BCUT2D eigenvalue weighted by Gasteiger charge is 2.45. The number of aliphatic carboxylic acids is 1. The molecule has 3 atom stereocenters. The second kappa shape index (κ2) is 10.5. The van der Waals surface area contributed by atoms with E-state index in [1.165, 1.54) is 0 Å². The van der Waals surface area contributed by atoms with Gasteiger partial charge in [-0.1, -0.05) is 61.3 Å². The molecule has 33 heavy (non-hydrogen) atoms. The molecule has 0 spiro atoms. The van der Waals surface area contributed by atoms with Crippen molar-refractivity contribution >= 4 is 35.1 Å². The fraction of sp³-hybridized carbons (Fsp3) is 0.462. The summed E-state index contributed by atoms with van der Waals surface area (Å²) in [6.07, 6.45) is 2.37. The number of piperidine rings is 1. The van der Waals surface area contributed by atoms with Gasteiger partial charge in [-0.15, -0.1) is 0 Å². The number of rotatable bonds is 9. The van der Waals surface area contributed by atoms with Crippen LogP contribution in [0, 0.1) is 5.41 Å². The van der Waals surface area contributed by atoms with Crippen LogP contribution in [0.25, 0.3) is 0 Å². The number of hydrogen-bond donors (Lipinski definition) is 2. The van der Waals surface area contributed by atoms with Crippen LogP contribution < -0.4 is 0 Å². The zero-order valence-electron chi connectivity index (χ0n) is 19.1. The summed E-state index contributed by atoms with van der Waals surface area (Å²) in [5.41, 5.74) is -0.610. The summed E-state index contributed by atoms with van der Waals surface area (Å²) in [6.45, 7) is 4.28. The molecule has 1 unspecified atom stereocenters. The quantitative estimate of drug-likeness (QED) is 0.471. The Kier molecular flexibility index (Phi) is 8.09. The molecule has 0 radical (unpaired) electrons. The molecular weight excluding hydrogens is 461 g/mol. The lowest BCUT2D eigenvalue weighted by atomic mass is 9.76. The zero-order valence-corrected chi connectivity index (χ0v) is 20.6. The van der Waals surface area contributed by atoms with Crippen molar-refractivity contribution < 1.29 is 19.8 Å². The fourth-order valence-electron chi connectivity index (χ4n) is 4.92. The Bertz CT molecular complexity index is 996. The molecule has 1 amide bonds. The van der Waals surface area contributed by atoms with E-state index in [1.807, 2.05) is 25.1 Å². The van der Waals surface area contributed by atoms with E-state index in [-0.39, 0.29) is 18.4 Å². The summed E-state index contributed by atoms with van der Waals surface area (Å²) >= 11 is 12.3. The highest BCUT2D eigenvalue weighted by atomic mass is 35.5. The van der Waals surface area contributed by atoms with Crippen LogP contribution in [-0.4, -0.2) is 39.6 Å². The molecule has 1 aliphatic rings. The molecule has 3 rings (SSSR count). The summed E-state index contributed by atoms with van der Waals surface area (Å²) in [5, 5.41) is 22.5. The number of carboxylic acid groups (broad SMARTS) is 1. The van der Waals surface area contributed by atoms with E-state index in [9.17, 15) is 19.8 Å². The van der Waals surface area contributed by atoms with Gasteiger partial charge in [0.25, 0.3) is 0 Å². The second-order valence-corrected chi connectivity index (χ2v) is 10.2. The number of benzene rings is 2. The molecule has 2 aromatic rings. The molecule has 0 saturated carbocycles. The lowest BCUT2D eigenvalue weighted by Crippen LogP contribution is -2.54. The van der Waals surface area contributed by atoms with Gasteiger partial charge in [0.15, 0.2) is 0 Å². The monoisotopic (exact) mass is 491 g/mol. The van der Waals surface area contributed by atoms with Crippen molar-refractivity contribution in [3.8, 4) is 0 Å². The first kappa shape index (κ1) is 25.5. The maximum absolute atomic E-state index is 13.4. The van der Waals surface area contributed by atoms with E-state index in [2.05, 4.69) is 0 Å². The van der Waals surface area contributed by atoms with E-state index >= 15 is 0 Å². The maximum atomic E-state index is 13.4. The van der Waals surface area contributed by atoms with Crippen molar-refractivity contribution in [3.05, 3.63) is 69.7 Å². The number of aliphatic hydroxyl groups is 1. The van der Waals surface area contributed by atoms with Gasteiger partial charge >= 0.3 is 5.97 Å². The van der Waals surface area contributed by atoms with Crippen molar-refractivity contribution in [1.29, 1.82) is 0 Å². The Balaban J connectivity index is 1.93. The molecule has 0 aromatic heterocycles. The number of carbonyl (C=O) groups is 2. The van der Waals surface area contributed by atoms with E-state index in [0.717, 1.165) is 12.0 Å². The van der Waals surface area contributed by atoms with E-state index in [0.29, 0.717) is 47.8 Å². The highest BCUT2D eigenvalue weighted by molar-refractivity contribution is 6.30. The van der Waals surface area contributed by atoms with E-state index in [4.69, 9.17) is 23.2 Å². The van der Waals surface area contributed by atoms with Crippen LogP contribution in [0.15, 0.2) is 48.5 Å². The Hall–Kier alpha value is -2.08. The molecular formula is C26H31Cl2NO4. The first-order chi connectivity index (χ1) is 15.6. The van der Waals surface area contributed by atoms with Crippen molar-refractivity contribution in [2.24, 2.45) is 5.41 Å². The topological polar surface area (TPSA) is 77.8 Å². The third-order valence-corrected chi connectivity index (χ3v) is 7.19. The number of halogens is 2. The van der Waals surface area contributed by atoms with Gasteiger partial charge in [0.2, 0.25) is 5.91 Å². The van der Waals surface area contributed by atoms with Crippen molar-refractivity contribution in [2.75, 3.05) is 6.54 Å². The molecule has 1 fully saturated rings. The van der Waals surface area contributed by atoms with Crippen LogP contribution in [0.1, 0.15) is 57.1 Å². The molecule has 0 bridgehead atoms. The van der Waals surface area contributed by atoms with Crippen LogP contribution in [0.3, 0.4) is 0 Å². The molecule has 7 heteroatoms. The minimum absolute atomic E-state index is 0.150. The van der Waals surface area contributed by atoms with Gasteiger partial charge in [-0.3, -0.25) is 9.59 Å². The fourth-order valence-corrected chi connectivity index (χ4v) is 5.23. The average Bonchev–Trinajstić information content (AvgIpc) is 2.75. The predicted molar refractivity (Wildman–Crippen MR) is 131 cm³/mol. The van der Waals surface area contributed by atoms with E-state index < -0.39 is 17.0 Å². The Morgan fingerprint density at radius 3 is 2.48 bits per heavy atom. The van der Waals surface area contributed by atoms with Crippen molar-refractivity contribution in [3.63, 3.8) is 0 Å². The third-order valence-electron chi connectivity index (χ3n) is 6.70. The minimum atomic E-state index is -1.28. The van der Waals surface area contributed by atoms with Gasteiger partial charge < -0.3 is 15.1 Å². The lowest BCUT2D eigenvalue weighted by Gasteiger charge is -2.45. The molecule has 0 aliphatic carbocycles. The average molecular weight is 492 g/mol. The molecule has 1 aliphatic heterocycles. The zero-order chi connectivity index (χ0) is 24.2. The standard InChI is InChI=1S/C26H31Cl2NO4/c1-3-22(29-13-5-12-25(2,24(29)32)17-23(30)31)16-26(33,19-6-4-7-21(28)14-19)15-18-8-10-20(27)11-9-18/h4,6-11,14,22,33H,3,5,12-13,15-17H2,1-2H3,(H,30,31)/t22-,25?,26+/m1/s1. The number of carboxylic acids is 1. The first-order valence-electron chi connectivity index (χ1n) is 11.3. The van der Waals surface area contributed by atoms with Gasteiger partial charge in [-0.25, -0.2) is 0 Å². The van der Waals surface area contributed by atoms with Gasteiger partial charge in [0.05, 0.1) is 17.4 Å². The van der Waals surface area contributed by atoms with Gasteiger partial charge in [0, 0.05) is 35.5 Å². The van der Waals surface area contributed by atoms with Gasteiger partial charge in [0.1, 0.15) is 0 Å². The molecule has 2 N–H and O–H groups in total. The van der Waals surface area contributed by atoms with Crippen molar-refractivity contribution in [1.82, 2.24) is 4.90 Å². The smallest absolute Gasteiger partial charge is 0.304 e. The van der Waals surface area contributed by atoms with Crippen LogP contribution in [0.4, 0.5) is 0 Å². The molecule has 2 aromatic carbocycles. The SMILES string of the molecule is CC[C@H](C[C@@](O)(Cc1ccc(Cl)cc1)c1cccc(Cl)c1)N1CCCC(C)(CC(=O)O)C1=O. The third kappa shape index (κ3) is 6.08. The van der Waals surface area contributed by atoms with Crippen LogP contribution in [-0.2, 0) is 21.6 Å². The second-order valence-electron chi connectivity index (χ2n) is 9.34. The summed E-state index contributed by atoms with van der Waals surface area (Å²) < 4.78 is 0. The van der Waals surface area contributed by atoms with Crippen LogP contribution in [0.5, 0.6) is 0 Å². The summed E-state index contributed by atoms with van der Waals surface area (Å²) in [6, 6.07) is 14.3. The Labute approximate surface area is 205 Å². The number of carbonyl (C=O) groups excluding carboxylic acids is 1. The van der Waals surface area contributed by atoms with Gasteiger partial charge in [-0.05, 0) is 54.7 Å². The highest BCUT2D eigenvalue weighted by Crippen LogP contribution is 2.39. The maximum Gasteiger partial charge on any atom is 0.304 e. The number of nitrogens with zero attached hydrogens (tertiary/aromatic N) is 1. The van der Waals surface area contributed by atoms with E-state index in [1.54, 1.807) is 42.2 Å². The predicted octanol–water partition coefficient (Wildman–Crippen LogP) is 5.70. The summed E-state index contributed by atoms with van der Waals surface area (Å²) in [4.78, 5) is 26.6. The normalized spacial score (nSPS) is 21.5. The van der Waals surface area contributed by atoms with Crippen LogP contribution in [0.2, 0.25) is 10.0 Å². The number of likely N-dealkylation sites (tertiary alicyclic amines) is 1.